The number of aliphatic hydroxyl groups is 1. The monoisotopic (exact) mass is 323 g/mol. The third-order valence-corrected chi connectivity index (χ3v) is 4.38. The molecule has 2 aliphatic rings. The van der Waals surface area contributed by atoms with Crippen LogP contribution < -0.4 is 5.32 Å². The summed E-state index contributed by atoms with van der Waals surface area (Å²) in [6.45, 7) is 2.01. The first-order valence-corrected chi connectivity index (χ1v) is 7.65. The largest absolute Gasteiger partial charge is 0.394 e. The topological polar surface area (TPSA) is 72.9 Å². The molecule has 2 aliphatic heterocycles. The molecular formula is C15H18ClN3O3. The van der Waals surface area contributed by atoms with E-state index in [2.05, 4.69) is 10.2 Å². The third-order valence-electron chi connectivity index (χ3n) is 4.14. The van der Waals surface area contributed by atoms with Crippen molar-refractivity contribution in [1.82, 2.24) is 15.1 Å². The number of hydrogen-bond acceptors (Lipinski definition) is 4. The second kappa shape index (κ2) is 6.24. The van der Waals surface area contributed by atoms with E-state index in [1.807, 2.05) is 24.3 Å². The van der Waals surface area contributed by atoms with Gasteiger partial charge in [-0.2, -0.15) is 0 Å². The van der Waals surface area contributed by atoms with Crippen LogP contribution in [0.4, 0.5) is 0 Å². The van der Waals surface area contributed by atoms with Crippen LogP contribution in [0.25, 0.3) is 0 Å². The van der Waals surface area contributed by atoms with E-state index in [0.717, 1.165) is 5.56 Å². The second-order valence-corrected chi connectivity index (χ2v) is 6.09. The summed E-state index contributed by atoms with van der Waals surface area (Å²) >= 11 is 5.99. The van der Waals surface area contributed by atoms with Crippen molar-refractivity contribution >= 4 is 23.4 Å². The van der Waals surface area contributed by atoms with Crippen LogP contribution >= 0.6 is 11.6 Å². The van der Waals surface area contributed by atoms with Crippen molar-refractivity contribution in [2.45, 2.75) is 18.6 Å². The predicted molar refractivity (Wildman–Crippen MR) is 81.2 cm³/mol. The second-order valence-electron chi connectivity index (χ2n) is 5.66. The number of halogens is 1. The molecule has 0 bridgehead atoms. The van der Waals surface area contributed by atoms with Crippen molar-refractivity contribution in [1.29, 1.82) is 0 Å². The number of benzene rings is 1. The zero-order valence-electron chi connectivity index (χ0n) is 12.0. The molecule has 3 rings (SSSR count). The molecule has 0 aromatic heterocycles. The van der Waals surface area contributed by atoms with E-state index in [4.69, 9.17) is 16.7 Å². The minimum absolute atomic E-state index is 0.200. The van der Waals surface area contributed by atoms with Gasteiger partial charge in [0.2, 0.25) is 11.8 Å². The molecule has 2 heterocycles. The van der Waals surface area contributed by atoms with E-state index in [1.54, 1.807) is 4.90 Å². The molecule has 2 N–H and O–H groups in total. The molecule has 22 heavy (non-hydrogen) atoms. The first-order chi connectivity index (χ1) is 10.6. The molecule has 0 spiro atoms. The number of fused-ring (bicyclic) bond motifs is 1. The number of carbonyl (C=O) groups is 2. The quantitative estimate of drug-likeness (QED) is 0.811. The lowest BCUT2D eigenvalue weighted by atomic mass is 10.0. The smallest absolute Gasteiger partial charge is 0.248 e. The van der Waals surface area contributed by atoms with Gasteiger partial charge in [-0.1, -0.05) is 23.7 Å². The fourth-order valence-corrected chi connectivity index (χ4v) is 3.23. The lowest BCUT2D eigenvalue weighted by Gasteiger charge is -2.45. The molecule has 0 radical (unpaired) electrons. The van der Waals surface area contributed by atoms with Gasteiger partial charge in [-0.3, -0.25) is 14.5 Å². The Morgan fingerprint density at radius 3 is 2.86 bits per heavy atom. The van der Waals surface area contributed by atoms with Gasteiger partial charge in [0.15, 0.2) is 0 Å². The zero-order valence-corrected chi connectivity index (χ0v) is 12.8. The molecule has 1 aromatic rings. The van der Waals surface area contributed by atoms with Crippen LogP contribution in [-0.2, 0) is 16.1 Å². The number of hydrogen-bond donors (Lipinski definition) is 2. The Balaban J connectivity index is 1.68. The van der Waals surface area contributed by atoms with E-state index < -0.39 is 12.1 Å². The van der Waals surface area contributed by atoms with Crippen LogP contribution in [0.2, 0.25) is 5.02 Å². The average Bonchev–Trinajstić information content (AvgIpc) is 2.51. The maximum Gasteiger partial charge on any atom is 0.248 e. The summed E-state index contributed by atoms with van der Waals surface area (Å²) in [7, 11) is 0. The van der Waals surface area contributed by atoms with Crippen LogP contribution in [0.3, 0.4) is 0 Å². The van der Waals surface area contributed by atoms with Gasteiger partial charge in [-0.05, 0) is 17.7 Å². The highest BCUT2D eigenvalue weighted by atomic mass is 35.5. The first-order valence-electron chi connectivity index (χ1n) is 7.27. The standard InChI is InChI=1S/C15H18ClN3O3/c16-11-3-1-2-10(6-11)7-18-4-5-19-13(8-18)14(21)17-12(9-20)15(19)22/h1-3,6,12-13,20H,4-5,7-9H2,(H,17,21)/t12-,13+/m0/s1. The van der Waals surface area contributed by atoms with Gasteiger partial charge < -0.3 is 15.3 Å². The number of aliphatic hydroxyl groups excluding tert-OH is 1. The summed E-state index contributed by atoms with van der Waals surface area (Å²) in [5, 5.41) is 12.4. The number of amides is 2. The predicted octanol–water partition coefficient (Wildman–Crippen LogP) is -0.156. The number of nitrogens with one attached hydrogen (secondary N) is 1. The molecule has 2 atom stereocenters. The fourth-order valence-electron chi connectivity index (χ4n) is 3.02. The average molecular weight is 324 g/mol. The molecule has 0 aliphatic carbocycles. The van der Waals surface area contributed by atoms with E-state index >= 15 is 0 Å². The van der Waals surface area contributed by atoms with Crippen molar-refractivity contribution in [2.24, 2.45) is 0 Å². The van der Waals surface area contributed by atoms with Crippen molar-refractivity contribution in [3.05, 3.63) is 34.9 Å². The maximum atomic E-state index is 12.2. The van der Waals surface area contributed by atoms with Crippen LogP contribution in [-0.4, -0.2) is 65.0 Å². The molecular weight excluding hydrogens is 306 g/mol. The molecule has 118 valence electrons. The Bertz CT molecular complexity index is 595. The third kappa shape index (κ3) is 2.95. The molecule has 7 heteroatoms. The summed E-state index contributed by atoms with van der Waals surface area (Å²) in [6, 6.07) is 6.34. The summed E-state index contributed by atoms with van der Waals surface area (Å²) < 4.78 is 0. The number of piperazine rings is 2. The normalized spacial score (nSPS) is 25.8. The maximum absolute atomic E-state index is 12.2. The van der Waals surface area contributed by atoms with Crippen LogP contribution in [0.1, 0.15) is 5.56 Å². The minimum atomic E-state index is -0.803. The lowest BCUT2D eigenvalue weighted by Crippen LogP contribution is -2.69. The fraction of sp³-hybridized carbons (Fsp3) is 0.467. The van der Waals surface area contributed by atoms with Crippen LogP contribution in [0.15, 0.2) is 24.3 Å². The molecule has 2 amide bonds. The molecule has 6 nitrogen and oxygen atoms in total. The highest BCUT2D eigenvalue weighted by Gasteiger charge is 2.42. The van der Waals surface area contributed by atoms with Crippen molar-refractivity contribution < 1.29 is 14.7 Å². The van der Waals surface area contributed by atoms with Gasteiger partial charge in [0.25, 0.3) is 0 Å². The summed E-state index contributed by atoms with van der Waals surface area (Å²) in [5.74, 6) is -0.399. The number of nitrogens with zero attached hydrogens (tertiary/aromatic N) is 2. The minimum Gasteiger partial charge on any atom is -0.394 e. The van der Waals surface area contributed by atoms with Crippen LogP contribution in [0, 0.1) is 0 Å². The highest BCUT2D eigenvalue weighted by Crippen LogP contribution is 2.19. The van der Waals surface area contributed by atoms with Crippen molar-refractivity contribution in [2.75, 3.05) is 26.2 Å². The van der Waals surface area contributed by atoms with Gasteiger partial charge in [0, 0.05) is 31.2 Å². The van der Waals surface area contributed by atoms with Gasteiger partial charge in [-0.15, -0.1) is 0 Å². The van der Waals surface area contributed by atoms with E-state index in [9.17, 15) is 9.59 Å². The summed E-state index contributed by atoms with van der Waals surface area (Å²) in [5.41, 5.74) is 1.08. The van der Waals surface area contributed by atoms with Gasteiger partial charge in [-0.25, -0.2) is 0 Å². The summed E-state index contributed by atoms with van der Waals surface area (Å²) in [4.78, 5) is 28.0. The van der Waals surface area contributed by atoms with Crippen molar-refractivity contribution in [3.63, 3.8) is 0 Å². The first kappa shape index (κ1) is 15.3. The number of carbonyl (C=O) groups excluding carboxylic acids is 2. The SMILES string of the molecule is O=C1N[C@@H](CO)C(=O)N2CCN(Cc3cccc(Cl)c3)C[C@H]12. The number of rotatable bonds is 3. The Kier molecular flexibility index (Phi) is 4.33. The van der Waals surface area contributed by atoms with E-state index in [-0.39, 0.29) is 18.4 Å². The Morgan fingerprint density at radius 1 is 1.32 bits per heavy atom. The van der Waals surface area contributed by atoms with Gasteiger partial charge >= 0.3 is 0 Å². The van der Waals surface area contributed by atoms with Gasteiger partial charge in [0.05, 0.1) is 6.61 Å². The van der Waals surface area contributed by atoms with Crippen molar-refractivity contribution in [3.8, 4) is 0 Å². The van der Waals surface area contributed by atoms with Gasteiger partial charge in [0.1, 0.15) is 12.1 Å². The zero-order chi connectivity index (χ0) is 15.7. The van der Waals surface area contributed by atoms with Crippen LogP contribution in [0.5, 0.6) is 0 Å². The molecule has 0 saturated carbocycles. The Morgan fingerprint density at radius 2 is 2.14 bits per heavy atom. The Labute approximate surface area is 133 Å². The summed E-state index contributed by atoms with van der Waals surface area (Å²) in [6.07, 6.45) is 0. The molecule has 1 aromatic carbocycles. The molecule has 0 unspecified atom stereocenters. The molecule has 2 fully saturated rings. The Hall–Kier alpha value is -1.63. The van der Waals surface area contributed by atoms with E-state index in [1.165, 1.54) is 0 Å². The molecule has 2 saturated heterocycles. The lowest BCUT2D eigenvalue weighted by molar-refractivity contribution is -0.154. The highest BCUT2D eigenvalue weighted by molar-refractivity contribution is 6.30. The van der Waals surface area contributed by atoms with E-state index in [0.29, 0.717) is 31.2 Å².